The van der Waals surface area contributed by atoms with Crippen LogP contribution in [0, 0.1) is 0 Å². The maximum absolute atomic E-state index is 12.0. The molecule has 0 N–H and O–H groups in total. The molecular formula is C13H12N2O3. The van der Waals surface area contributed by atoms with Crippen molar-refractivity contribution in [3.63, 3.8) is 0 Å². The first-order valence-electron chi connectivity index (χ1n) is 5.39. The van der Waals surface area contributed by atoms with Crippen molar-refractivity contribution in [3.05, 3.63) is 64.3 Å². The zero-order chi connectivity index (χ0) is 13.0. The van der Waals surface area contributed by atoms with Gasteiger partial charge in [-0.05, 0) is 5.56 Å². The van der Waals surface area contributed by atoms with Crippen LogP contribution in [0.2, 0.25) is 0 Å². The van der Waals surface area contributed by atoms with Gasteiger partial charge in [0.2, 0.25) is 0 Å². The van der Waals surface area contributed by atoms with Crippen molar-refractivity contribution in [2.75, 3.05) is 7.11 Å². The molecule has 0 radical (unpaired) electrons. The molecule has 0 spiro atoms. The summed E-state index contributed by atoms with van der Waals surface area (Å²) in [4.78, 5) is 27.2. The summed E-state index contributed by atoms with van der Waals surface area (Å²) < 4.78 is 5.91. The number of hydrogen-bond acceptors (Lipinski definition) is 4. The van der Waals surface area contributed by atoms with Gasteiger partial charge in [-0.15, -0.1) is 0 Å². The van der Waals surface area contributed by atoms with Crippen LogP contribution in [-0.4, -0.2) is 22.6 Å². The van der Waals surface area contributed by atoms with Crippen LogP contribution in [0.15, 0.2) is 47.7 Å². The van der Waals surface area contributed by atoms with Gasteiger partial charge < -0.3 is 4.74 Å². The number of ether oxygens (including phenoxy) is 1. The van der Waals surface area contributed by atoms with Crippen LogP contribution < -0.4 is 5.56 Å². The normalized spacial score (nSPS) is 10.1. The summed E-state index contributed by atoms with van der Waals surface area (Å²) in [5.74, 6) is -0.671. The lowest BCUT2D eigenvalue weighted by Gasteiger charge is -2.06. The molecule has 0 atom stereocenters. The van der Waals surface area contributed by atoms with Crippen LogP contribution in [0.3, 0.4) is 0 Å². The van der Waals surface area contributed by atoms with Crippen molar-refractivity contribution in [1.82, 2.24) is 9.55 Å². The first-order valence-corrected chi connectivity index (χ1v) is 5.39. The number of nitrogens with zero attached hydrogens (tertiary/aromatic N) is 2. The van der Waals surface area contributed by atoms with Crippen molar-refractivity contribution in [3.8, 4) is 0 Å². The van der Waals surface area contributed by atoms with E-state index in [-0.39, 0.29) is 5.56 Å². The van der Waals surface area contributed by atoms with E-state index in [4.69, 9.17) is 0 Å². The molecule has 1 aromatic carbocycles. The fourth-order valence-corrected chi connectivity index (χ4v) is 1.59. The maximum atomic E-state index is 12.0. The highest BCUT2D eigenvalue weighted by Gasteiger charge is 2.12. The standard InChI is InChI=1S/C13H12N2O3/c1-18-13(17)11-7-14-9-15(12(11)16)8-10-5-3-2-4-6-10/h2-7,9H,8H2,1H3. The lowest BCUT2D eigenvalue weighted by atomic mass is 10.2. The molecule has 2 aromatic rings. The molecule has 0 aliphatic carbocycles. The lowest BCUT2D eigenvalue weighted by molar-refractivity contribution is 0.0597. The fourth-order valence-electron chi connectivity index (χ4n) is 1.59. The number of carbonyl (C=O) groups excluding carboxylic acids is 1. The third-order valence-corrected chi connectivity index (χ3v) is 2.50. The molecule has 92 valence electrons. The number of aromatic nitrogens is 2. The summed E-state index contributed by atoms with van der Waals surface area (Å²) in [6, 6.07) is 9.47. The minimum absolute atomic E-state index is 0.0593. The number of rotatable bonds is 3. The Labute approximate surface area is 104 Å². The largest absolute Gasteiger partial charge is 0.465 e. The van der Waals surface area contributed by atoms with Crippen LogP contribution in [0.5, 0.6) is 0 Å². The van der Waals surface area contributed by atoms with Crippen LogP contribution in [0.1, 0.15) is 15.9 Å². The SMILES string of the molecule is COC(=O)c1cncn(Cc2ccccc2)c1=O. The summed E-state index contributed by atoms with van der Waals surface area (Å²) in [7, 11) is 1.23. The zero-order valence-corrected chi connectivity index (χ0v) is 9.87. The first kappa shape index (κ1) is 12.0. The maximum Gasteiger partial charge on any atom is 0.345 e. The fraction of sp³-hybridized carbons (Fsp3) is 0.154. The molecule has 0 amide bonds. The van der Waals surface area contributed by atoms with Gasteiger partial charge >= 0.3 is 5.97 Å². The Morgan fingerprint density at radius 2 is 2.06 bits per heavy atom. The van der Waals surface area contributed by atoms with Gasteiger partial charge in [-0.2, -0.15) is 0 Å². The molecule has 0 unspecified atom stereocenters. The second kappa shape index (κ2) is 5.27. The monoisotopic (exact) mass is 244 g/mol. The minimum Gasteiger partial charge on any atom is -0.465 e. The van der Waals surface area contributed by atoms with Gasteiger partial charge in [0.25, 0.3) is 5.56 Å². The number of esters is 1. The molecule has 0 fully saturated rings. The van der Waals surface area contributed by atoms with Gasteiger partial charge in [-0.25, -0.2) is 9.78 Å². The minimum atomic E-state index is -0.671. The molecule has 5 heteroatoms. The van der Waals surface area contributed by atoms with Crippen molar-refractivity contribution >= 4 is 5.97 Å². The average molecular weight is 244 g/mol. The van der Waals surface area contributed by atoms with E-state index in [1.807, 2.05) is 30.3 Å². The Bertz CT molecular complexity index is 605. The van der Waals surface area contributed by atoms with Crippen molar-refractivity contribution in [2.24, 2.45) is 0 Å². The van der Waals surface area contributed by atoms with E-state index in [2.05, 4.69) is 9.72 Å². The number of carbonyl (C=O) groups is 1. The Morgan fingerprint density at radius 3 is 2.72 bits per heavy atom. The molecule has 0 saturated carbocycles. The van der Waals surface area contributed by atoms with Crippen LogP contribution >= 0.6 is 0 Å². The van der Waals surface area contributed by atoms with Crippen molar-refractivity contribution in [2.45, 2.75) is 6.54 Å². The number of benzene rings is 1. The summed E-state index contributed by atoms with van der Waals surface area (Å²) in [6.07, 6.45) is 2.62. The average Bonchev–Trinajstić information content (AvgIpc) is 2.41. The van der Waals surface area contributed by atoms with Gasteiger partial charge in [0.05, 0.1) is 20.0 Å². The number of methoxy groups -OCH3 is 1. The third kappa shape index (κ3) is 2.45. The van der Waals surface area contributed by atoms with Crippen LogP contribution in [0.4, 0.5) is 0 Å². The van der Waals surface area contributed by atoms with Crippen LogP contribution in [-0.2, 0) is 11.3 Å². The van der Waals surface area contributed by atoms with E-state index in [1.165, 1.54) is 24.2 Å². The molecule has 0 aliphatic heterocycles. The molecule has 0 bridgehead atoms. The van der Waals surface area contributed by atoms with E-state index in [0.717, 1.165) is 5.56 Å². The molecule has 0 aliphatic rings. The van der Waals surface area contributed by atoms with Gasteiger partial charge in [0.15, 0.2) is 0 Å². The highest BCUT2D eigenvalue weighted by molar-refractivity contribution is 5.88. The Kier molecular flexibility index (Phi) is 3.52. The van der Waals surface area contributed by atoms with Crippen molar-refractivity contribution < 1.29 is 9.53 Å². The van der Waals surface area contributed by atoms with Gasteiger partial charge in [-0.1, -0.05) is 30.3 Å². The highest BCUT2D eigenvalue weighted by atomic mass is 16.5. The van der Waals surface area contributed by atoms with E-state index >= 15 is 0 Å². The lowest BCUT2D eigenvalue weighted by Crippen LogP contribution is -2.27. The quantitative estimate of drug-likeness (QED) is 0.758. The summed E-state index contributed by atoms with van der Waals surface area (Å²) in [5, 5.41) is 0. The number of hydrogen-bond donors (Lipinski definition) is 0. The third-order valence-electron chi connectivity index (χ3n) is 2.50. The zero-order valence-electron chi connectivity index (χ0n) is 9.87. The summed E-state index contributed by atoms with van der Waals surface area (Å²) in [6.45, 7) is 0.373. The molecule has 0 saturated heterocycles. The predicted octanol–water partition coefficient (Wildman–Crippen LogP) is 1.08. The molecule has 1 heterocycles. The predicted molar refractivity (Wildman–Crippen MR) is 65.4 cm³/mol. The van der Waals surface area contributed by atoms with Crippen LogP contribution in [0.25, 0.3) is 0 Å². The second-order valence-corrected chi connectivity index (χ2v) is 3.72. The van der Waals surface area contributed by atoms with E-state index in [9.17, 15) is 9.59 Å². The van der Waals surface area contributed by atoms with Crippen molar-refractivity contribution in [1.29, 1.82) is 0 Å². The smallest absolute Gasteiger partial charge is 0.345 e. The Hall–Kier alpha value is -2.43. The summed E-state index contributed by atoms with van der Waals surface area (Å²) >= 11 is 0. The topological polar surface area (TPSA) is 61.2 Å². The highest BCUT2D eigenvalue weighted by Crippen LogP contribution is 2.00. The molecule has 18 heavy (non-hydrogen) atoms. The van der Waals surface area contributed by atoms with E-state index in [1.54, 1.807) is 0 Å². The van der Waals surface area contributed by atoms with E-state index in [0.29, 0.717) is 6.54 Å². The first-order chi connectivity index (χ1) is 8.72. The Balaban J connectivity index is 2.35. The molecular weight excluding hydrogens is 232 g/mol. The Morgan fingerprint density at radius 1 is 1.33 bits per heavy atom. The molecule has 2 rings (SSSR count). The molecule has 5 nitrogen and oxygen atoms in total. The van der Waals surface area contributed by atoms with Gasteiger partial charge in [-0.3, -0.25) is 9.36 Å². The van der Waals surface area contributed by atoms with E-state index < -0.39 is 11.5 Å². The molecule has 1 aromatic heterocycles. The van der Waals surface area contributed by atoms with Gasteiger partial charge in [0.1, 0.15) is 5.56 Å². The summed E-state index contributed by atoms with van der Waals surface area (Å²) in [5.41, 5.74) is 0.500. The van der Waals surface area contributed by atoms with Gasteiger partial charge in [0, 0.05) is 6.20 Å². The second-order valence-electron chi connectivity index (χ2n) is 3.72.